The number of hydrogen-bond acceptors (Lipinski definition) is 5. The van der Waals surface area contributed by atoms with Crippen molar-refractivity contribution in [1.82, 2.24) is 15.1 Å². The van der Waals surface area contributed by atoms with Crippen LogP contribution in [0.1, 0.15) is 29.0 Å². The molecule has 3 aromatic rings. The molecule has 2 aromatic carbocycles. The summed E-state index contributed by atoms with van der Waals surface area (Å²) in [5, 5.41) is 8.27. The molecule has 1 unspecified atom stereocenters. The Kier molecular flexibility index (Phi) is 4.48. The van der Waals surface area contributed by atoms with Crippen LogP contribution in [0.5, 0.6) is 5.75 Å². The zero-order valence-electron chi connectivity index (χ0n) is 14.3. The van der Waals surface area contributed by atoms with Crippen molar-refractivity contribution in [2.24, 2.45) is 0 Å². The highest BCUT2D eigenvalue weighted by Gasteiger charge is 2.30. The fraction of sp³-hybridized carbons (Fsp3) is 0.300. The fourth-order valence-electron chi connectivity index (χ4n) is 3.30. The first-order valence-electron chi connectivity index (χ1n) is 8.58. The third-order valence-corrected chi connectivity index (χ3v) is 4.56. The van der Waals surface area contributed by atoms with E-state index in [9.17, 15) is 0 Å². The SMILES string of the molecule is Cc1nnc(C2Cc3ccccc3CN2CCOc2ccccc2)o1. The molecule has 2 heterocycles. The first-order valence-corrected chi connectivity index (χ1v) is 8.58. The molecule has 0 bridgehead atoms. The Hall–Kier alpha value is -2.66. The molecule has 1 aliphatic rings. The summed E-state index contributed by atoms with van der Waals surface area (Å²) in [5.74, 6) is 2.19. The quantitative estimate of drug-likeness (QED) is 0.713. The number of rotatable bonds is 5. The second kappa shape index (κ2) is 7.07. The third kappa shape index (κ3) is 3.56. The summed E-state index contributed by atoms with van der Waals surface area (Å²) in [7, 11) is 0. The number of ether oxygens (including phenoxy) is 1. The highest BCUT2D eigenvalue weighted by molar-refractivity contribution is 5.30. The third-order valence-electron chi connectivity index (χ3n) is 4.56. The zero-order chi connectivity index (χ0) is 17.1. The maximum absolute atomic E-state index is 5.88. The Bertz CT molecular complexity index is 832. The number of benzene rings is 2. The van der Waals surface area contributed by atoms with Gasteiger partial charge in [-0.1, -0.05) is 42.5 Å². The highest BCUT2D eigenvalue weighted by atomic mass is 16.5. The van der Waals surface area contributed by atoms with Crippen LogP contribution in [0.25, 0.3) is 0 Å². The molecule has 0 spiro atoms. The van der Waals surface area contributed by atoms with Crippen molar-refractivity contribution in [3.05, 3.63) is 77.5 Å². The Morgan fingerprint density at radius 3 is 2.56 bits per heavy atom. The number of aryl methyl sites for hydroxylation is 1. The van der Waals surface area contributed by atoms with Gasteiger partial charge in [-0.3, -0.25) is 4.90 Å². The van der Waals surface area contributed by atoms with E-state index in [1.807, 2.05) is 37.3 Å². The monoisotopic (exact) mass is 335 g/mol. The van der Waals surface area contributed by atoms with Gasteiger partial charge in [0.25, 0.3) is 0 Å². The second-order valence-corrected chi connectivity index (χ2v) is 6.28. The number of para-hydroxylation sites is 1. The van der Waals surface area contributed by atoms with Crippen LogP contribution in [0.3, 0.4) is 0 Å². The summed E-state index contributed by atoms with van der Waals surface area (Å²) < 4.78 is 11.6. The molecular weight excluding hydrogens is 314 g/mol. The van der Waals surface area contributed by atoms with Gasteiger partial charge in [-0.15, -0.1) is 10.2 Å². The largest absolute Gasteiger partial charge is 0.492 e. The summed E-state index contributed by atoms with van der Waals surface area (Å²) in [5.41, 5.74) is 2.71. The van der Waals surface area contributed by atoms with E-state index in [1.54, 1.807) is 0 Å². The van der Waals surface area contributed by atoms with Gasteiger partial charge in [0.05, 0.1) is 6.04 Å². The maximum Gasteiger partial charge on any atom is 0.233 e. The van der Waals surface area contributed by atoms with Crippen LogP contribution in [0.2, 0.25) is 0 Å². The number of fused-ring (bicyclic) bond motifs is 1. The van der Waals surface area contributed by atoms with Crippen LogP contribution in [0.15, 0.2) is 59.0 Å². The summed E-state index contributed by atoms with van der Waals surface area (Å²) in [6, 6.07) is 18.6. The molecule has 0 N–H and O–H groups in total. The molecule has 1 aliphatic heterocycles. The molecule has 1 atom stereocenters. The lowest BCUT2D eigenvalue weighted by Crippen LogP contribution is -2.37. The minimum atomic E-state index is 0.0930. The molecule has 4 rings (SSSR count). The van der Waals surface area contributed by atoms with Crippen LogP contribution in [0, 0.1) is 6.92 Å². The number of aromatic nitrogens is 2. The Morgan fingerprint density at radius 1 is 1.04 bits per heavy atom. The van der Waals surface area contributed by atoms with Crippen LogP contribution in [0.4, 0.5) is 0 Å². The molecule has 25 heavy (non-hydrogen) atoms. The van der Waals surface area contributed by atoms with Gasteiger partial charge in [-0.05, 0) is 29.7 Å². The van der Waals surface area contributed by atoms with E-state index in [-0.39, 0.29) is 6.04 Å². The molecule has 0 saturated carbocycles. The van der Waals surface area contributed by atoms with E-state index in [4.69, 9.17) is 9.15 Å². The molecule has 5 nitrogen and oxygen atoms in total. The Balaban J connectivity index is 1.50. The zero-order valence-corrected chi connectivity index (χ0v) is 14.3. The van der Waals surface area contributed by atoms with Crippen LogP contribution in [-0.2, 0) is 13.0 Å². The summed E-state index contributed by atoms with van der Waals surface area (Å²) >= 11 is 0. The summed E-state index contributed by atoms with van der Waals surface area (Å²) in [6.07, 6.45) is 0.878. The van der Waals surface area contributed by atoms with Gasteiger partial charge in [0.2, 0.25) is 11.8 Å². The second-order valence-electron chi connectivity index (χ2n) is 6.28. The first-order chi connectivity index (χ1) is 12.3. The van der Waals surface area contributed by atoms with E-state index in [1.165, 1.54) is 11.1 Å². The van der Waals surface area contributed by atoms with E-state index in [0.717, 1.165) is 25.3 Å². The number of hydrogen-bond donors (Lipinski definition) is 0. The van der Waals surface area contributed by atoms with Crippen molar-refractivity contribution in [2.45, 2.75) is 25.9 Å². The van der Waals surface area contributed by atoms with Crippen molar-refractivity contribution in [3.8, 4) is 5.75 Å². The Morgan fingerprint density at radius 2 is 1.80 bits per heavy atom. The van der Waals surface area contributed by atoms with Crippen LogP contribution >= 0.6 is 0 Å². The fourth-order valence-corrected chi connectivity index (χ4v) is 3.30. The standard InChI is InChI=1S/C20H21N3O2/c1-15-21-22-20(25-15)19-13-16-7-5-6-8-17(16)14-23(19)11-12-24-18-9-3-2-4-10-18/h2-10,19H,11-14H2,1H3. The maximum atomic E-state index is 5.88. The molecule has 128 valence electrons. The number of nitrogens with zero attached hydrogens (tertiary/aromatic N) is 3. The van der Waals surface area contributed by atoms with Gasteiger partial charge in [-0.25, -0.2) is 0 Å². The predicted molar refractivity (Wildman–Crippen MR) is 94.3 cm³/mol. The normalized spacial score (nSPS) is 17.2. The molecule has 5 heteroatoms. The lowest BCUT2D eigenvalue weighted by Gasteiger charge is -2.34. The summed E-state index contributed by atoms with van der Waals surface area (Å²) in [6.45, 7) is 4.11. The smallest absolute Gasteiger partial charge is 0.233 e. The van der Waals surface area contributed by atoms with Crippen molar-refractivity contribution < 1.29 is 9.15 Å². The Labute approximate surface area is 147 Å². The van der Waals surface area contributed by atoms with Crippen LogP contribution < -0.4 is 4.74 Å². The van der Waals surface area contributed by atoms with E-state index in [2.05, 4.69) is 39.4 Å². The topological polar surface area (TPSA) is 51.4 Å². The van der Waals surface area contributed by atoms with Gasteiger partial charge in [-0.2, -0.15) is 0 Å². The van der Waals surface area contributed by atoms with E-state index >= 15 is 0 Å². The summed E-state index contributed by atoms with van der Waals surface area (Å²) in [4.78, 5) is 2.36. The van der Waals surface area contributed by atoms with Crippen molar-refractivity contribution in [3.63, 3.8) is 0 Å². The van der Waals surface area contributed by atoms with Gasteiger partial charge < -0.3 is 9.15 Å². The lowest BCUT2D eigenvalue weighted by molar-refractivity contribution is 0.121. The highest BCUT2D eigenvalue weighted by Crippen LogP contribution is 2.32. The predicted octanol–water partition coefficient (Wildman–Crippen LogP) is 3.56. The molecule has 0 saturated heterocycles. The van der Waals surface area contributed by atoms with Gasteiger partial charge >= 0.3 is 0 Å². The first kappa shape index (κ1) is 15.8. The van der Waals surface area contributed by atoms with Crippen molar-refractivity contribution in [2.75, 3.05) is 13.2 Å². The molecule has 1 aromatic heterocycles. The molecule has 0 aliphatic carbocycles. The molecular formula is C20H21N3O2. The molecule has 0 radical (unpaired) electrons. The molecule has 0 fully saturated rings. The van der Waals surface area contributed by atoms with Crippen LogP contribution in [-0.4, -0.2) is 28.2 Å². The van der Waals surface area contributed by atoms with Gasteiger partial charge in [0.1, 0.15) is 12.4 Å². The van der Waals surface area contributed by atoms with Gasteiger partial charge in [0, 0.05) is 20.0 Å². The average molecular weight is 335 g/mol. The van der Waals surface area contributed by atoms with E-state index in [0.29, 0.717) is 18.4 Å². The minimum absolute atomic E-state index is 0.0930. The van der Waals surface area contributed by atoms with Crippen molar-refractivity contribution in [1.29, 1.82) is 0 Å². The van der Waals surface area contributed by atoms with E-state index < -0.39 is 0 Å². The molecule has 0 amide bonds. The average Bonchev–Trinajstić information content (AvgIpc) is 3.08. The lowest BCUT2D eigenvalue weighted by atomic mass is 9.94. The van der Waals surface area contributed by atoms with Gasteiger partial charge in [0.15, 0.2) is 0 Å². The van der Waals surface area contributed by atoms with Crippen molar-refractivity contribution >= 4 is 0 Å². The minimum Gasteiger partial charge on any atom is -0.492 e.